The van der Waals surface area contributed by atoms with E-state index in [2.05, 4.69) is 4.98 Å². The summed E-state index contributed by atoms with van der Waals surface area (Å²) in [5.41, 5.74) is 1.21. The van der Waals surface area contributed by atoms with Crippen LogP contribution < -0.4 is 9.64 Å². The molecule has 1 heterocycles. The molecule has 1 aromatic heterocycles. The number of anilines is 1. The van der Waals surface area contributed by atoms with Crippen molar-refractivity contribution in [3.63, 3.8) is 0 Å². The zero-order valence-electron chi connectivity index (χ0n) is 19.2. The van der Waals surface area contributed by atoms with E-state index in [1.165, 1.54) is 27.8 Å². The van der Waals surface area contributed by atoms with Crippen molar-refractivity contribution >= 4 is 42.6 Å². The first-order valence-corrected chi connectivity index (χ1v) is 13.0. The summed E-state index contributed by atoms with van der Waals surface area (Å²) in [6.07, 6.45) is 1.78. The van der Waals surface area contributed by atoms with Crippen LogP contribution in [0.1, 0.15) is 23.2 Å². The Morgan fingerprint density at radius 3 is 2.39 bits per heavy atom. The van der Waals surface area contributed by atoms with Crippen LogP contribution in [0, 0.1) is 0 Å². The molecule has 33 heavy (non-hydrogen) atoms. The van der Waals surface area contributed by atoms with E-state index < -0.39 is 10.0 Å². The first kappa shape index (κ1) is 23.6. The maximum absolute atomic E-state index is 13.5. The summed E-state index contributed by atoms with van der Waals surface area (Å²) in [7, 11) is 3.56. The average molecular weight is 489 g/mol. The van der Waals surface area contributed by atoms with Crippen LogP contribution in [0.25, 0.3) is 10.2 Å². The molecule has 2 aromatic carbocycles. The number of ether oxygens (including phenoxy) is 1. The van der Waals surface area contributed by atoms with Gasteiger partial charge in [0.15, 0.2) is 5.13 Å². The third-order valence-corrected chi connectivity index (χ3v) is 8.64. The molecule has 1 aliphatic carbocycles. The number of carbonyl (C=O) groups is 1. The fourth-order valence-electron chi connectivity index (χ4n) is 3.45. The Morgan fingerprint density at radius 1 is 1.09 bits per heavy atom. The van der Waals surface area contributed by atoms with Crippen LogP contribution in [0.3, 0.4) is 0 Å². The Hall–Kier alpha value is -2.53. The normalized spacial score (nSPS) is 14.2. The number of likely N-dealkylation sites (N-methyl/N-ethyl adjacent to an activating group) is 1. The van der Waals surface area contributed by atoms with Crippen LogP contribution in [0.5, 0.6) is 5.75 Å². The van der Waals surface area contributed by atoms with Crippen molar-refractivity contribution < 1.29 is 17.9 Å². The van der Waals surface area contributed by atoms with Gasteiger partial charge < -0.3 is 9.64 Å². The zero-order chi connectivity index (χ0) is 23.8. The van der Waals surface area contributed by atoms with E-state index in [1.807, 2.05) is 37.2 Å². The number of carbonyl (C=O) groups excluding carboxylic acids is 1. The molecule has 4 rings (SSSR count). The summed E-state index contributed by atoms with van der Waals surface area (Å²) in [6, 6.07) is 11.9. The van der Waals surface area contributed by atoms with E-state index in [-0.39, 0.29) is 16.8 Å². The molecule has 3 aromatic rings. The number of thiazole rings is 1. The highest BCUT2D eigenvalue weighted by molar-refractivity contribution is 7.89. The maximum atomic E-state index is 13.5. The molecule has 0 unspecified atom stereocenters. The molecule has 1 fully saturated rings. The van der Waals surface area contributed by atoms with E-state index >= 15 is 0 Å². The predicted octanol–water partition coefficient (Wildman–Crippen LogP) is 3.30. The average Bonchev–Trinajstić information content (AvgIpc) is 3.57. The number of hydrogen-bond donors (Lipinski definition) is 0. The molecular weight excluding hydrogens is 460 g/mol. The summed E-state index contributed by atoms with van der Waals surface area (Å²) in [6.45, 7) is 1.11. The van der Waals surface area contributed by atoms with E-state index in [0.29, 0.717) is 23.8 Å². The minimum atomic E-state index is -3.56. The van der Waals surface area contributed by atoms with Crippen molar-refractivity contribution in [3.8, 4) is 5.75 Å². The van der Waals surface area contributed by atoms with Crippen molar-refractivity contribution in [2.45, 2.75) is 23.8 Å². The lowest BCUT2D eigenvalue weighted by Gasteiger charge is -2.22. The quantitative estimate of drug-likeness (QED) is 0.460. The Bertz CT molecular complexity index is 1250. The summed E-state index contributed by atoms with van der Waals surface area (Å²) >= 11 is 1.42. The van der Waals surface area contributed by atoms with Gasteiger partial charge in [0.25, 0.3) is 5.91 Å². The molecular formula is C23H28N4O4S2. The van der Waals surface area contributed by atoms with Crippen LogP contribution in [-0.4, -0.2) is 75.9 Å². The van der Waals surface area contributed by atoms with Crippen LogP contribution in [0.4, 0.5) is 5.13 Å². The van der Waals surface area contributed by atoms with Crippen molar-refractivity contribution in [1.29, 1.82) is 0 Å². The number of hydrogen-bond acceptors (Lipinski definition) is 7. The third kappa shape index (κ3) is 5.03. The third-order valence-electron chi connectivity index (χ3n) is 5.67. The molecule has 0 radical (unpaired) electrons. The highest BCUT2D eigenvalue weighted by Gasteiger charge is 2.35. The van der Waals surface area contributed by atoms with Crippen molar-refractivity contribution in [2.24, 2.45) is 0 Å². The minimum Gasteiger partial charge on any atom is -0.497 e. The van der Waals surface area contributed by atoms with Gasteiger partial charge in [0.2, 0.25) is 10.0 Å². The van der Waals surface area contributed by atoms with Gasteiger partial charge in [-0.1, -0.05) is 11.3 Å². The number of fused-ring (bicyclic) bond motifs is 1. The number of benzene rings is 2. The fourth-order valence-corrected chi connectivity index (χ4v) is 5.88. The van der Waals surface area contributed by atoms with Crippen LogP contribution in [0.15, 0.2) is 47.4 Å². The number of nitrogens with zero attached hydrogens (tertiary/aromatic N) is 4. The first-order chi connectivity index (χ1) is 15.7. The number of methoxy groups -OCH3 is 1. The van der Waals surface area contributed by atoms with Gasteiger partial charge in [0.1, 0.15) is 5.75 Å². The number of aromatic nitrogens is 1. The van der Waals surface area contributed by atoms with Crippen molar-refractivity contribution in [1.82, 2.24) is 14.2 Å². The Morgan fingerprint density at radius 2 is 1.79 bits per heavy atom. The van der Waals surface area contributed by atoms with Gasteiger partial charge in [-0.25, -0.2) is 13.4 Å². The van der Waals surface area contributed by atoms with Gasteiger partial charge in [-0.05, 0) is 69.4 Å². The first-order valence-electron chi connectivity index (χ1n) is 10.7. The van der Waals surface area contributed by atoms with Crippen LogP contribution in [0.2, 0.25) is 0 Å². The molecule has 0 spiro atoms. The van der Waals surface area contributed by atoms with Gasteiger partial charge in [-0.2, -0.15) is 4.31 Å². The molecule has 1 amide bonds. The number of rotatable bonds is 9. The lowest BCUT2D eigenvalue weighted by molar-refractivity contribution is 0.0985. The molecule has 10 heteroatoms. The molecule has 0 atom stereocenters. The van der Waals surface area contributed by atoms with Crippen molar-refractivity contribution in [2.75, 3.05) is 46.2 Å². The Kier molecular flexibility index (Phi) is 6.71. The summed E-state index contributed by atoms with van der Waals surface area (Å²) in [5, 5.41) is 0.593. The molecule has 1 aliphatic rings. The van der Waals surface area contributed by atoms with Gasteiger partial charge in [-0.3, -0.25) is 9.69 Å². The molecule has 0 N–H and O–H groups in total. The van der Waals surface area contributed by atoms with Gasteiger partial charge in [0, 0.05) is 31.7 Å². The SMILES string of the molecule is COc1ccc2nc(N(CCN(C)C)C(=O)c3ccc(S(=O)(=O)N(C)C4CC4)cc3)sc2c1. The summed E-state index contributed by atoms with van der Waals surface area (Å²) in [4.78, 5) is 22.0. The lowest BCUT2D eigenvalue weighted by Crippen LogP contribution is -2.36. The number of amides is 1. The van der Waals surface area contributed by atoms with Crippen LogP contribution >= 0.6 is 11.3 Å². The molecule has 0 aliphatic heterocycles. The maximum Gasteiger partial charge on any atom is 0.260 e. The van der Waals surface area contributed by atoms with E-state index in [9.17, 15) is 13.2 Å². The topological polar surface area (TPSA) is 83.0 Å². The minimum absolute atomic E-state index is 0.0792. The standard InChI is InChI=1S/C23H28N4O4S2/c1-25(2)13-14-27(23-24-20-12-9-18(31-4)15-21(20)32-23)22(28)16-5-10-19(11-6-16)33(29,30)26(3)17-7-8-17/h5-6,9-12,15,17H,7-8,13-14H2,1-4H3. The van der Waals surface area contributed by atoms with E-state index in [4.69, 9.17) is 4.74 Å². The monoisotopic (exact) mass is 488 g/mol. The van der Waals surface area contributed by atoms with Gasteiger partial charge in [0.05, 0.1) is 22.2 Å². The molecule has 0 saturated heterocycles. The lowest BCUT2D eigenvalue weighted by atomic mass is 10.2. The van der Waals surface area contributed by atoms with Crippen molar-refractivity contribution in [3.05, 3.63) is 48.0 Å². The smallest absolute Gasteiger partial charge is 0.260 e. The highest BCUT2D eigenvalue weighted by atomic mass is 32.2. The van der Waals surface area contributed by atoms with Gasteiger partial charge >= 0.3 is 0 Å². The number of sulfonamides is 1. The molecule has 1 saturated carbocycles. The molecule has 176 valence electrons. The Labute approximate surface area is 198 Å². The Balaban J connectivity index is 1.63. The second-order valence-corrected chi connectivity index (χ2v) is 11.4. The molecule has 8 nitrogen and oxygen atoms in total. The van der Waals surface area contributed by atoms with E-state index in [1.54, 1.807) is 31.2 Å². The van der Waals surface area contributed by atoms with E-state index in [0.717, 1.165) is 28.8 Å². The summed E-state index contributed by atoms with van der Waals surface area (Å²) < 4.78 is 33.2. The molecule has 0 bridgehead atoms. The largest absolute Gasteiger partial charge is 0.497 e. The van der Waals surface area contributed by atoms with Crippen LogP contribution in [-0.2, 0) is 10.0 Å². The van der Waals surface area contributed by atoms with Gasteiger partial charge in [-0.15, -0.1) is 0 Å². The summed E-state index contributed by atoms with van der Waals surface area (Å²) in [5.74, 6) is 0.513. The highest BCUT2D eigenvalue weighted by Crippen LogP contribution is 2.33. The zero-order valence-corrected chi connectivity index (χ0v) is 20.8. The second-order valence-electron chi connectivity index (χ2n) is 8.37. The predicted molar refractivity (Wildman–Crippen MR) is 131 cm³/mol. The second kappa shape index (κ2) is 9.38. The fraction of sp³-hybridized carbons (Fsp3) is 0.391.